The minimum absolute atomic E-state index is 0.230. The molecule has 0 aliphatic carbocycles. The maximum atomic E-state index is 12.0. The van der Waals surface area contributed by atoms with Gasteiger partial charge in [0.25, 0.3) is 0 Å². The van der Waals surface area contributed by atoms with Gasteiger partial charge in [0.05, 0.1) is 0 Å². The molecule has 0 radical (unpaired) electrons. The predicted molar refractivity (Wildman–Crippen MR) is 74.1 cm³/mol. The summed E-state index contributed by atoms with van der Waals surface area (Å²) >= 11 is 0. The number of hydrogen-bond acceptors (Lipinski definition) is 2. The zero-order valence-electron chi connectivity index (χ0n) is 12.0. The lowest BCUT2D eigenvalue weighted by Gasteiger charge is -2.23. The van der Waals surface area contributed by atoms with Crippen LogP contribution in [0.1, 0.15) is 52.4 Å². The van der Waals surface area contributed by atoms with Crippen molar-refractivity contribution in [2.24, 2.45) is 5.92 Å². The van der Waals surface area contributed by atoms with E-state index in [9.17, 15) is 9.59 Å². The molecule has 110 valence electrons. The summed E-state index contributed by atoms with van der Waals surface area (Å²) in [6.07, 6.45) is 6.05. The van der Waals surface area contributed by atoms with E-state index in [1.165, 1.54) is 19.3 Å². The SMILES string of the molecule is CCCC1CCCN(C(=O)NC(CC)C(=O)O)CC1. The lowest BCUT2D eigenvalue weighted by molar-refractivity contribution is -0.139. The van der Waals surface area contributed by atoms with E-state index in [1.807, 2.05) is 0 Å². The van der Waals surface area contributed by atoms with Crippen LogP contribution in [-0.4, -0.2) is 41.1 Å². The Hall–Kier alpha value is -1.26. The highest BCUT2D eigenvalue weighted by atomic mass is 16.4. The Bertz CT molecular complexity index is 307. The van der Waals surface area contributed by atoms with E-state index in [0.717, 1.165) is 25.9 Å². The highest BCUT2D eigenvalue weighted by Gasteiger charge is 2.24. The van der Waals surface area contributed by atoms with E-state index in [1.54, 1.807) is 11.8 Å². The van der Waals surface area contributed by atoms with E-state index >= 15 is 0 Å². The Kier molecular flexibility index (Phi) is 6.67. The predicted octanol–water partition coefficient (Wildman–Crippen LogP) is 2.46. The van der Waals surface area contributed by atoms with Gasteiger partial charge in [-0.05, 0) is 31.6 Å². The summed E-state index contributed by atoms with van der Waals surface area (Å²) in [5, 5.41) is 11.6. The zero-order chi connectivity index (χ0) is 14.3. The van der Waals surface area contributed by atoms with Gasteiger partial charge in [-0.3, -0.25) is 0 Å². The molecule has 2 atom stereocenters. The number of hydrogen-bond donors (Lipinski definition) is 2. The van der Waals surface area contributed by atoms with E-state index < -0.39 is 12.0 Å². The molecule has 1 heterocycles. The second-order valence-corrected chi connectivity index (χ2v) is 5.32. The summed E-state index contributed by atoms with van der Waals surface area (Å²) in [5.74, 6) is -0.251. The molecular formula is C14H26N2O3. The topological polar surface area (TPSA) is 69.6 Å². The van der Waals surface area contributed by atoms with E-state index in [2.05, 4.69) is 12.2 Å². The van der Waals surface area contributed by atoms with Crippen LogP contribution in [0.4, 0.5) is 4.79 Å². The van der Waals surface area contributed by atoms with Gasteiger partial charge in [0.15, 0.2) is 0 Å². The largest absolute Gasteiger partial charge is 0.480 e. The first kappa shape index (κ1) is 15.8. The molecule has 0 aromatic heterocycles. The summed E-state index contributed by atoms with van der Waals surface area (Å²) < 4.78 is 0. The second kappa shape index (κ2) is 8.02. The number of nitrogens with one attached hydrogen (secondary N) is 1. The third-order valence-corrected chi connectivity index (χ3v) is 3.84. The molecule has 1 fully saturated rings. The minimum Gasteiger partial charge on any atom is -0.480 e. The van der Waals surface area contributed by atoms with Crippen molar-refractivity contribution in [2.45, 2.75) is 58.4 Å². The van der Waals surface area contributed by atoms with Gasteiger partial charge in [-0.15, -0.1) is 0 Å². The van der Waals surface area contributed by atoms with Crippen molar-refractivity contribution in [1.82, 2.24) is 10.2 Å². The molecule has 0 aromatic carbocycles. The Morgan fingerprint density at radius 1 is 1.32 bits per heavy atom. The van der Waals surface area contributed by atoms with Crippen LogP contribution in [0.5, 0.6) is 0 Å². The number of rotatable bonds is 5. The molecule has 2 N–H and O–H groups in total. The quantitative estimate of drug-likeness (QED) is 0.806. The van der Waals surface area contributed by atoms with Crippen molar-refractivity contribution in [3.63, 3.8) is 0 Å². The third kappa shape index (κ3) is 5.09. The van der Waals surface area contributed by atoms with Crippen molar-refractivity contribution in [2.75, 3.05) is 13.1 Å². The highest BCUT2D eigenvalue weighted by molar-refractivity contribution is 5.82. The number of amides is 2. The Labute approximate surface area is 115 Å². The molecule has 0 spiro atoms. The summed E-state index contributed by atoms with van der Waals surface area (Å²) in [6.45, 7) is 5.43. The number of aliphatic carboxylic acids is 1. The normalized spacial score (nSPS) is 21.6. The number of likely N-dealkylation sites (tertiary alicyclic amines) is 1. The Balaban J connectivity index is 2.46. The Morgan fingerprint density at radius 2 is 2.05 bits per heavy atom. The monoisotopic (exact) mass is 270 g/mol. The smallest absolute Gasteiger partial charge is 0.326 e. The van der Waals surface area contributed by atoms with Gasteiger partial charge in [0.2, 0.25) is 0 Å². The van der Waals surface area contributed by atoms with Gasteiger partial charge in [-0.1, -0.05) is 26.7 Å². The molecule has 2 unspecified atom stereocenters. The van der Waals surface area contributed by atoms with Gasteiger partial charge in [-0.2, -0.15) is 0 Å². The van der Waals surface area contributed by atoms with Gasteiger partial charge < -0.3 is 15.3 Å². The molecule has 1 saturated heterocycles. The second-order valence-electron chi connectivity index (χ2n) is 5.32. The van der Waals surface area contributed by atoms with Crippen LogP contribution in [-0.2, 0) is 4.79 Å². The van der Waals surface area contributed by atoms with Crippen molar-refractivity contribution >= 4 is 12.0 Å². The number of carbonyl (C=O) groups is 2. The van der Waals surface area contributed by atoms with Gasteiger partial charge in [-0.25, -0.2) is 9.59 Å². The summed E-state index contributed by atoms with van der Waals surface area (Å²) in [4.78, 5) is 24.7. The van der Waals surface area contributed by atoms with E-state index in [0.29, 0.717) is 12.3 Å². The number of carboxylic acid groups (broad SMARTS) is 1. The van der Waals surface area contributed by atoms with Crippen LogP contribution in [0, 0.1) is 5.92 Å². The van der Waals surface area contributed by atoms with Crippen LogP contribution in [0.15, 0.2) is 0 Å². The fraction of sp³-hybridized carbons (Fsp3) is 0.857. The number of urea groups is 1. The van der Waals surface area contributed by atoms with Crippen molar-refractivity contribution in [3.05, 3.63) is 0 Å². The summed E-state index contributed by atoms with van der Waals surface area (Å²) in [5.41, 5.74) is 0. The summed E-state index contributed by atoms with van der Waals surface area (Å²) in [7, 11) is 0. The maximum absolute atomic E-state index is 12.0. The van der Waals surface area contributed by atoms with Crippen molar-refractivity contribution in [1.29, 1.82) is 0 Å². The molecule has 1 aliphatic rings. The first-order valence-electron chi connectivity index (χ1n) is 7.36. The van der Waals surface area contributed by atoms with Crippen molar-refractivity contribution < 1.29 is 14.7 Å². The lowest BCUT2D eigenvalue weighted by atomic mass is 9.96. The molecule has 5 nitrogen and oxygen atoms in total. The number of carbonyl (C=O) groups excluding carboxylic acids is 1. The van der Waals surface area contributed by atoms with Crippen LogP contribution in [0.3, 0.4) is 0 Å². The fourth-order valence-corrected chi connectivity index (χ4v) is 2.64. The first-order chi connectivity index (χ1) is 9.08. The minimum atomic E-state index is -0.963. The maximum Gasteiger partial charge on any atom is 0.326 e. The molecule has 1 aliphatic heterocycles. The van der Waals surface area contributed by atoms with Crippen LogP contribution in [0.25, 0.3) is 0 Å². The first-order valence-corrected chi connectivity index (χ1v) is 7.36. The number of carboxylic acids is 1. The summed E-state index contributed by atoms with van der Waals surface area (Å²) in [6, 6.07) is -1.01. The van der Waals surface area contributed by atoms with Crippen LogP contribution >= 0.6 is 0 Å². The molecule has 0 bridgehead atoms. The Morgan fingerprint density at radius 3 is 2.63 bits per heavy atom. The average molecular weight is 270 g/mol. The zero-order valence-corrected chi connectivity index (χ0v) is 12.0. The molecule has 5 heteroatoms. The lowest BCUT2D eigenvalue weighted by Crippen LogP contribution is -2.48. The standard InChI is InChI=1S/C14H26N2O3/c1-3-6-11-7-5-9-16(10-8-11)14(19)15-12(4-2)13(17)18/h11-12H,3-10H2,1-2H3,(H,15,19)(H,17,18). The van der Waals surface area contributed by atoms with Crippen molar-refractivity contribution in [3.8, 4) is 0 Å². The van der Waals surface area contributed by atoms with Gasteiger partial charge in [0.1, 0.15) is 6.04 Å². The van der Waals surface area contributed by atoms with E-state index in [-0.39, 0.29) is 6.03 Å². The van der Waals surface area contributed by atoms with E-state index in [4.69, 9.17) is 5.11 Å². The molecule has 1 rings (SSSR count). The third-order valence-electron chi connectivity index (χ3n) is 3.84. The molecule has 19 heavy (non-hydrogen) atoms. The molecular weight excluding hydrogens is 244 g/mol. The molecule has 0 aromatic rings. The number of nitrogens with zero attached hydrogens (tertiary/aromatic N) is 1. The van der Waals surface area contributed by atoms with Crippen LogP contribution in [0.2, 0.25) is 0 Å². The molecule has 0 saturated carbocycles. The van der Waals surface area contributed by atoms with Gasteiger partial charge >= 0.3 is 12.0 Å². The highest BCUT2D eigenvalue weighted by Crippen LogP contribution is 2.21. The fourth-order valence-electron chi connectivity index (χ4n) is 2.64. The van der Waals surface area contributed by atoms with Crippen LogP contribution < -0.4 is 5.32 Å². The average Bonchev–Trinajstić information content (AvgIpc) is 2.61. The van der Waals surface area contributed by atoms with Gasteiger partial charge in [0, 0.05) is 13.1 Å². The molecule has 2 amide bonds.